The summed E-state index contributed by atoms with van der Waals surface area (Å²) in [5.41, 5.74) is 7.69. The third-order valence-corrected chi connectivity index (χ3v) is 3.17. The molecule has 0 heterocycles. The lowest BCUT2D eigenvalue weighted by Crippen LogP contribution is -2.12. The second-order valence-corrected chi connectivity index (χ2v) is 4.61. The van der Waals surface area contributed by atoms with E-state index in [1.807, 2.05) is 12.1 Å². The van der Waals surface area contributed by atoms with Gasteiger partial charge in [-0.15, -0.1) is 0 Å². The van der Waals surface area contributed by atoms with Crippen molar-refractivity contribution < 1.29 is 9.53 Å². The minimum atomic E-state index is -0.196. The zero-order chi connectivity index (χ0) is 14.5. The Morgan fingerprint density at radius 3 is 2.55 bits per heavy atom. The fourth-order valence-electron chi connectivity index (χ4n) is 1.73. The molecule has 2 aromatic carbocycles. The molecule has 0 aliphatic heterocycles. The minimum Gasteiger partial charge on any atom is -0.495 e. The van der Waals surface area contributed by atoms with Crippen molar-refractivity contribution in [3.8, 4) is 5.75 Å². The van der Waals surface area contributed by atoms with E-state index in [-0.39, 0.29) is 5.91 Å². The van der Waals surface area contributed by atoms with Crippen LogP contribution < -0.4 is 15.8 Å². The molecule has 0 unspecified atom stereocenters. The lowest BCUT2D eigenvalue weighted by molar-refractivity contribution is 0.102. The molecule has 0 aliphatic carbocycles. The van der Waals surface area contributed by atoms with E-state index in [9.17, 15) is 4.79 Å². The summed E-state index contributed by atoms with van der Waals surface area (Å²) in [7, 11) is 1.53. The normalized spacial score (nSPS) is 10.2. The Labute approximate surface area is 122 Å². The van der Waals surface area contributed by atoms with Crippen LogP contribution in [0.15, 0.2) is 42.5 Å². The van der Waals surface area contributed by atoms with Crippen LogP contribution in [0.5, 0.6) is 5.75 Å². The van der Waals surface area contributed by atoms with Crippen molar-refractivity contribution in [2.45, 2.75) is 6.54 Å². The number of nitrogens with one attached hydrogen (secondary N) is 1. The molecule has 0 bridgehead atoms. The lowest BCUT2D eigenvalue weighted by atomic mass is 10.1. The van der Waals surface area contributed by atoms with Crippen molar-refractivity contribution in [3.63, 3.8) is 0 Å². The highest BCUT2D eigenvalue weighted by atomic mass is 35.5. The van der Waals surface area contributed by atoms with E-state index in [4.69, 9.17) is 22.1 Å². The first-order valence-electron chi connectivity index (χ1n) is 6.08. The average molecular weight is 291 g/mol. The van der Waals surface area contributed by atoms with E-state index >= 15 is 0 Å². The maximum Gasteiger partial charge on any atom is 0.255 e. The number of carbonyl (C=O) groups excluding carboxylic acids is 1. The first-order valence-corrected chi connectivity index (χ1v) is 6.45. The predicted molar refractivity (Wildman–Crippen MR) is 80.3 cm³/mol. The molecule has 0 aromatic heterocycles. The van der Waals surface area contributed by atoms with Gasteiger partial charge in [0.25, 0.3) is 5.91 Å². The number of benzene rings is 2. The van der Waals surface area contributed by atoms with Crippen LogP contribution in [0, 0.1) is 0 Å². The van der Waals surface area contributed by atoms with Crippen LogP contribution in [0.25, 0.3) is 0 Å². The molecule has 20 heavy (non-hydrogen) atoms. The van der Waals surface area contributed by atoms with Gasteiger partial charge in [0, 0.05) is 23.9 Å². The Morgan fingerprint density at radius 1 is 1.25 bits per heavy atom. The average Bonchev–Trinajstić information content (AvgIpc) is 2.49. The highest BCUT2D eigenvalue weighted by molar-refractivity contribution is 6.32. The third kappa shape index (κ3) is 3.29. The molecule has 4 nitrogen and oxygen atoms in total. The van der Waals surface area contributed by atoms with Gasteiger partial charge in [0.15, 0.2) is 0 Å². The topological polar surface area (TPSA) is 64.3 Å². The molecule has 0 atom stereocenters. The Hall–Kier alpha value is -2.04. The van der Waals surface area contributed by atoms with Gasteiger partial charge in [-0.3, -0.25) is 4.79 Å². The van der Waals surface area contributed by atoms with Crippen LogP contribution in [0.4, 0.5) is 5.69 Å². The van der Waals surface area contributed by atoms with E-state index in [0.29, 0.717) is 28.6 Å². The van der Waals surface area contributed by atoms with Crippen LogP contribution in [0.1, 0.15) is 15.9 Å². The van der Waals surface area contributed by atoms with Crippen molar-refractivity contribution in [2.75, 3.05) is 12.4 Å². The number of carbonyl (C=O) groups is 1. The van der Waals surface area contributed by atoms with Crippen LogP contribution in [-0.4, -0.2) is 13.0 Å². The van der Waals surface area contributed by atoms with Gasteiger partial charge < -0.3 is 15.8 Å². The van der Waals surface area contributed by atoms with E-state index < -0.39 is 0 Å². The van der Waals surface area contributed by atoms with Crippen molar-refractivity contribution in [1.82, 2.24) is 0 Å². The highest BCUT2D eigenvalue weighted by Gasteiger charge is 2.08. The van der Waals surface area contributed by atoms with E-state index in [1.165, 1.54) is 7.11 Å². The number of methoxy groups -OCH3 is 1. The Kier molecular flexibility index (Phi) is 4.61. The van der Waals surface area contributed by atoms with Gasteiger partial charge in [-0.05, 0) is 29.8 Å². The van der Waals surface area contributed by atoms with Crippen LogP contribution >= 0.6 is 11.6 Å². The van der Waals surface area contributed by atoms with Gasteiger partial charge >= 0.3 is 0 Å². The number of hydrogen-bond acceptors (Lipinski definition) is 3. The van der Waals surface area contributed by atoms with E-state index in [0.717, 1.165) is 5.56 Å². The second kappa shape index (κ2) is 6.41. The molecule has 3 N–H and O–H groups in total. The number of nitrogens with two attached hydrogens (primary N) is 1. The van der Waals surface area contributed by atoms with Gasteiger partial charge in [0.05, 0.1) is 12.1 Å². The summed E-state index contributed by atoms with van der Waals surface area (Å²) in [6, 6.07) is 12.2. The third-order valence-electron chi connectivity index (χ3n) is 2.86. The van der Waals surface area contributed by atoms with Gasteiger partial charge in [-0.2, -0.15) is 0 Å². The first-order chi connectivity index (χ1) is 9.63. The van der Waals surface area contributed by atoms with Crippen molar-refractivity contribution in [2.24, 2.45) is 5.73 Å². The van der Waals surface area contributed by atoms with Crippen LogP contribution in [0.3, 0.4) is 0 Å². The van der Waals surface area contributed by atoms with Crippen molar-refractivity contribution in [3.05, 3.63) is 58.6 Å². The number of anilines is 1. The smallest absolute Gasteiger partial charge is 0.255 e. The number of hydrogen-bond donors (Lipinski definition) is 2. The van der Waals surface area contributed by atoms with Gasteiger partial charge in [0.2, 0.25) is 0 Å². The Balaban J connectivity index is 2.14. The molecule has 0 spiro atoms. The highest BCUT2D eigenvalue weighted by Crippen LogP contribution is 2.27. The number of rotatable bonds is 4. The summed E-state index contributed by atoms with van der Waals surface area (Å²) in [4.78, 5) is 12.1. The molecular weight excluding hydrogens is 276 g/mol. The van der Waals surface area contributed by atoms with Gasteiger partial charge in [-0.25, -0.2) is 0 Å². The monoisotopic (exact) mass is 290 g/mol. The second-order valence-electron chi connectivity index (χ2n) is 4.20. The largest absolute Gasteiger partial charge is 0.495 e. The summed E-state index contributed by atoms with van der Waals surface area (Å²) < 4.78 is 5.11. The molecule has 0 radical (unpaired) electrons. The van der Waals surface area contributed by atoms with Crippen LogP contribution in [0.2, 0.25) is 5.02 Å². The maximum absolute atomic E-state index is 12.1. The fraction of sp³-hybridized carbons (Fsp3) is 0.133. The van der Waals surface area contributed by atoms with Crippen molar-refractivity contribution >= 4 is 23.2 Å². The fourth-order valence-corrected chi connectivity index (χ4v) is 1.93. The van der Waals surface area contributed by atoms with Crippen molar-refractivity contribution in [1.29, 1.82) is 0 Å². The molecule has 0 saturated heterocycles. The number of ether oxygens (including phenoxy) is 1. The molecule has 1 amide bonds. The quantitative estimate of drug-likeness (QED) is 0.909. The summed E-state index contributed by atoms with van der Waals surface area (Å²) in [6.45, 7) is 0.455. The molecule has 2 aromatic rings. The molecule has 0 saturated carbocycles. The summed E-state index contributed by atoms with van der Waals surface area (Å²) in [6.07, 6.45) is 0. The molecular formula is C15H15ClN2O2. The van der Waals surface area contributed by atoms with Crippen LogP contribution in [-0.2, 0) is 6.54 Å². The minimum absolute atomic E-state index is 0.196. The summed E-state index contributed by atoms with van der Waals surface area (Å²) >= 11 is 5.93. The summed E-state index contributed by atoms with van der Waals surface area (Å²) in [5, 5.41) is 3.29. The van der Waals surface area contributed by atoms with E-state index in [1.54, 1.807) is 30.3 Å². The Morgan fingerprint density at radius 2 is 1.95 bits per heavy atom. The predicted octanol–water partition coefficient (Wildman–Crippen LogP) is 3.06. The molecule has 5 heteroatoms. The molecule has 0 fully saturated rings. The standard InChI is InChI=1S/C15H15ClN2O2/c1-20-14-8-12(6-7-13(14)16)18-15(19)11-4-2-10(9-17)3-5-11/h2-8H,9,17H2,1H3,(H,18,19). The zero-order valence-electron chi connectivity index (χ0n) is 11.0. The van der Waals surface area contributed by atoms with Gasteiger partial charge in [-0.1, -0.05) is 23.7 Å². The lowest BCUT2D eigenvalue weighted by Gasteiger charge is -2.08. The Bertz CT molecular complexity index is 612. The molecule has 0 aliphatic rings. The number of halogens is 1. The zero-order valence-corrected chi connectivity index (χ0v) is 11.8. The maximum atomic E-state index is 12.1. The summed E-state index contributed by atoms with van der Waals surface area (Å²) in [5.74, 6) is 0.320. The molecule has 104 valence electrons. The first kappa shape index (κ1) is 14.4. The van der Waals surface area contributed by atoms with Gasteiger partial charge in [0.1, 0.15) is 5.75 Å². The SMILES string of the molecule is COc1cc(NC(=O)c2ccc(CN)cc2)ccc1Cl. The molecule has 2 rings (SSSR count). The van der Waals surface area contributed by atoms with E-state index in [2.05, 4.69) is 5.32 Å². The number of amides is 1.